The van der Waals surface area contributed by atoms with Crippen molar-refractivity contribution >= 4 is 40.5 Å². The van der Waals surface area contributed by atoms with E-state index in [4.69, 9.17) is 23.2 Å². The number of carbonyl (C=O) groups excluding carboxylic acids is 1. The number of nitro groups is 1. The molecule has 0 saturated heterocycles. The molecule has 2 aromatic rings. The fourth-order valence-corrected chi connectivity index (χ4v) is 2.48. The smallest absolute Gasteiger partial charge is 0.288 e. The number of pyridine rings is 1. The molecule has 7 nitrogen and oxygen atoms in total. The molecule has 23 heavy (non-hydrogen) atoms. The van der Waals surface area contributed by atoms with E-state index in [1.54, 1.807) is 0 Å². The Morgan fingerprint density at radius 3 is 2.43 bits per heavy atom. The van der Waals surface area contributed by atoms with Crippen LogP contribution in [0.5, 0.6) is 0 Å². The third-order valence-corrected chi connectivity index (χ3v) is 3.40. The van der Waals surface area contributed by atoms with E-state index in [-0.39, 0.29) is 17.8 Å². The topological polar surface area (TPSA) is 94.2 Å². The van der Waals surface area contributed by atoms with Crippen LogP contribution in [-0.2, 0) is 11.3 Å². The second-order valence-electron chi connectivity index (χ2n) is 4.77. The molecule has 1 amide bonds. The maximum absolute atomic E-state index is 12.0. The molecule has 0 radical (unpaired) electrons. The number of hydrogen-bond donors (Lipinski definition) is 1. The van der Waals surface area contributed by atoms with E-state index in [1.165, 1.54) is 25.1 Å². The molecule has 0 spiro atoms. The van der Waals surface area contributed by atoms with Crippen molar-refractivity contribution in [1.82, 2.24) is 4.57 Å². The average Bonchev–Trinajstić information content (AvgIpc) is 2.40. The Kier molecular flexibility index (Phi) is 5.02. The van der Waals surface area contributed by atoms with E-state index in [0.717, 1.165) is 16.8 Å². The van der Waals surface area contributed by atoms with Crippen LogP contribution in [0.3, 0.4) is 0 Å². The first-order valence-electron chi connectivity index (χ1n) is 6.37. The molecular formula is C14H11Cl2N3O4. The highest BCUT2D eigenvalue weighted by atomic mass is 35.5. The fourth-order valence-electron chi connectivity index (χ4n) is 1.95. The van der Waals surface area contributed by atoms with Crippen LogP contribution in [0.25, 0.3) is 0 Å². The summed E-state index contributed by atoms with van der Waals surface area (Å²) in [6, 6.07) is 5.60. The van der Waals surface area contributed by atoms with Gasteiger partial charge >= 0.3 is 0 Å². The number of aryl methyl sites for hydroxylation is 1. The molecule has 1 N–H and O–H groups in total. The monoisotopic (exact) mass is 355 g/mol. The number of hydrogen-bond acceptors (Lipinski definition) is 4. The van der Waals surface area contributed by atoms with E-state index in [0.29, 0.717) is 15.7 Å². The van der Waals surface area contributed by atoms with Gasteiger partial charge in [-0.1, -0.05) is 23.2 Å². The third-order valence-electron chi connectivity index (χ3n) is 2.96. The summed E-state index contributed by atoms with van der Waals surface area (Å²) in [5.74, 6) is -0.538. The van der Waals surface area contributed by atoms with E-state index < -0.39 is 16.4 Å². The molecule has 1 heterocycles. The van der Waals surface area contributed by atoms with Gasteiger partial charge in [-0.05, 0) is 25.1 Å². The minimum absolute atomic E-state index is 0.233. The highest BCUT2D eigenvalue weighted by Crippen LogP contribution is 2.22. The van der Waals surface area contributed by atoms with Gasteiger partial charge in [0.15, 0.2) is 0 Å². The molecule has 0 aliphatic carbocycles. The predicted molar refractivity (Wildman–Crippen MR) is 87.2 cm³/mol. The Bertz CT molecular complexity index is 828. The Morgan fingerprint density at radius 1 is 1.26 bits per heavy atom. The van der Waals surface area contributed by atoms with E-state index in [9.17, 15) is 19.7 Å². The van der Waals surface area contributed by atoms with Gasteiger partial charge in [-0.15, -0.1) is 0 Å². The second-order valence-corrected chi connectivity index (χ2v) is 5.64. The van der Waals surface area contributed by atoms with Gasteiger partial charge in [0.25, 0.3) is 11.2 Å². The lowest BCUT2D eigenvalue weighted by molar-refractivity contribution is -0.385. The molecule has 2 rings (SSSR count). The number of benzene rings is 1. The van der Waals surface area contributed by atoms with Crippen LogP contribution in [0.2, 0.25) is 10.0 Å². The largest absolute Gasteiger partial charge is 0.324 e. The number of aromatic nitrogens is 1. The zero-order valence-electron chi connectivity index (χ0n) is 11.9. The van der Waals surface area contributed by atoms with Crippen LogP contribution in [0.15, 0.2) is 35.3 Å². The summed E-state index contributed by atoms with van der Waals surface area (Å²) < 4.78 is 0.965. The molecule has 120 valence electrons. The molecule has 0 atom stereocenters. The van der Waals surface area contributed by atoms with Gasteiger partial charge in [-0.3, -0.25) is 24.3 Å². The Hall–Kier alpha value is -2.38. The van der Waals surface area contributed by atoms with E-state index in [1.807, 2.05) is 0 Å². The lowest BCUT2D eigenvalue weighted by Gasteiger charge is -2.09. The molecule has 0 unspecified atom stereocenters. The standard InChI is InChI=1S/C14H11Cl2N3O4/c1-8-2-14(21)18(6-12(8)19(22)23)7-13(20)17-11-4-9(15)3-10(16)5-11/h2-6H,7H2,1H3,(H,17,20). The maximum Gasteiger partial charge on any atom is 0.288 e. The summed E-state index contributed by atoms with van der Waals surface area (Å²) >= 11 is 11.7. The number of halogens is 2. The first-order chi connectivity index (χ1) is 10.8. The van der Waals surface area contributed by atoms with Gasteiger partial charge in [-0.2, -0.15) is 0 Å². The lowest BCUT2D eigenvalue weighted by Crippen LogP contribution is -2.27. The number of amides is 1. The summed E-state index contributed by atoms with van der Waals surface area (Å²) in [6.45, 7) is 1.09. The minimum atomic E-state index is -0.611. The molecular weight excluding hydrogens is 345 g/mol. The summed E-state index contributed by atoms with van der Waals surface area (Å²) in [4.78, 5) is 34.1. The van der Waals surface area contributed by atoms with Crippen LogP contribution in [0.1, 0.15) is 5.56 Å². The number of nitrogens with zero attached hydrogens (tertiary/aromatic N) is 2. The van der Waals surface area contributed by atoms with Crippen molar-refractivity contribution in [2.24, 2.45) is 0 Å². The minimum Gasteiger partial charge on any atom is -0.324 e. The average molecular weight is 356 g/mol. The van der Waals surface area contributed by atoms with E-state index >= 15 is 0 Å². The first kappa shape index (κ1) is 17.0. The fraction of sp³-hybridized carbons (Fsp3) is 0.143. The first-order valence-corrected chi connectivity index (χ1v) is 7.13. The molecule has 1 aromatic heterocycles. The number of carbonyl (C=O) groups is 1. The van der Waals surface area contributed by atoms with Gasteiger partial charge in [0.05, 0.1) is 11.1 Å². The zero-order valence-corrected chi connectivity index (χ0v) is 13.4. The number of anilines is 1. The Morgan fingerprint density at radius 2 is 1.87 bits per heavy atom. The molecule has 1 aromatic carbocycles. The van der Waals surface area contributed by atoms with Crippen LogP contribution < -0.4 is 10.9 Å². The SMILES string of the molecule is Cc1cc(=O)n(CC(=O)Nc2cc(Cl)cc(Cl)c2)cc1[N+](=O)[O-]. The van der Waals surface area contributed by atoms with Crippen molar-refractivity contribution in [3.05, 3.63) is 66.5 Å². The van der Waals surface area contributed by atoms with Crippen molar-refractivity contribution < 1.29 is 9.72 Å². The molecule has 0 aliphatic rings. The third kappa shape index (κ3) is 4.30. The lowest BCUT2D eigenvalue weighted by atomic mass is 10.2. The zero-order chi connectivity index (χ0) is 17.1. The van der Waals surface area contributed by atoms with Gasteiger partial charge in [0, 0.05) is 27.4 Å². The molecule has 0 aliphatic heterocycles. The summed E-state index contributed by atoms with van der Waals surface area (Å²) in [5.41, 5.74) is -0.143. The summed E-state index contributed by atoms with van der Waals surface area (Å²) in [7, 11) is 0. The maximum atomic E-state index is 12.0. The highest BCUT2D eigenvalue weighted by Gasteiger charge is 2.15. The van der Waals surface area contributed by atoms with Crippen molar-refractivity contribution in [2.45, 2.75) is 13.5 Å². The van der Waals surface area contributed by atoms with Gasteiger partial charge in [0.1, 0.15) is 6.54 Å². The number of rotatable bonds is 4. The van der Waals surface area contributed by atoms with E-state index in [2.05, 4.69) is 5.32 Å². The second kappa shape index (κ2) is 6.80. The van der Waals surface area contributed by atoms with Crippen molar-refractivity contribution in [3.8, 4) is 0 Å². The Balaban J connectivity index is 2.22. The van der Waals surface area contributed by atoms with Gasteiger partial charge < -0.3 is 5.32 Å². The number of nitrogens with one attached hydrogen (secondary N) is 1. The van der Waals surface area contributed by atoms with Crippen molar-refractivity contribution in [2.75, 3.05) is 5.32 Å². The summed E-state index contributed by atoms with van der Waals surface area (Å²) in [5, 5.41) is 14.1. The van der Waals surface area contributed by atoms with Crippen LogP contribution in [-0.4, -0.2) is 15.4 Å². The van der Waals surface area contributed by atoms with Crippen LogP contribution >= 0.6 is 23.2 Å². The quantitative estimate of drug-likeness (QED) is 0.673. The van der Waals surface area contributed by atoms with Crippen molar-refractivity contribution in [1.29, 1.82) is 0 Å². The molecule has 0 fully saturated rings. The predicted octanol–water partition coefficient (Wildman–Crippen LogP) is 3.01. The normalized spacial score (nSPS) is 10.4. The molecule has 9 heteroatoms. The molecule has 0 saturated carbocycles. The highest BCUT2D eigenvalue weighted by molar-refractivity contribution is 6.35. The molecule has 0 bridgehead atoms. The Labute approximate surface area is 140 Å². The summed E-state index contributed by atoms with van der Waals surface area (Å²) in [6.07, 6.45) is 1.04. The van der Waals surface area contributed by atoms with Crippen molar-refractivity contribution in [3.63, 3.8) is 0 Å². The van der Waals surface area contributed by atoms with Gasteiger partial charge in [-0.25, -0.2) is 0 Å². The van der Waals surface area contributed by atoms with Crippen LogP contribution in [0.4, 0.5) is 11.4 Å². The van der Waals surface area contributed by atoms with Gasteiger partial charge in [0.2, 0.25) is 5.91 Å². The van der Waals surface area contributed by atoms with Crippen LogP contribution in [0, 0.1) is 17.0 Å².